The van der Waals surface area contributed by atoms with E-state index in [1.54, 1.807) is 0 Å². The molecule has 0 nitrogen and oxygen atoms in total. The van der Waals surface area contributed by atoms with Crippen molar-refractivity contribution in [3.05, 3.63) is 34.9 Å². The molecule has 1 radical (unpaired) electrons. The van der Waals surface area contributed by atoms with Crippen LogP contribution in [0.2, 0.25) is 19.1 Å². The van der Waals surface area contributed by atoms with Crippen molar-refractivity contribution in [2.24, 2.45) is 0 Å². The summed E-state index contributed by atoms with van der Waals surface area (Å²) in [5, 5.41) is 0. The van der Waals surface area contributed by atoms with Crippen molar-refractivity contribution in [2.75, 3.05) is 0 Å². The first kappa shape index (κ1) is 10.5. The lowest BCUT2D eigenvalue weighted by molar-refractivity contribution is 1.10. The van der Waals surface area contributed by atoms with Gasteiger partial charge in [0, 0.05) is 8.80 Å². The first-order chi connectivity index (χ1) is 6.09. The molecule has 0 aliphatic heterocycles. The Morgan fingerprint density at radius 2 is 1.77 bits per heavy atom. The van der Waals surface area contributed by atoms with Crippen molar-refractivity contribution in [2.45, 2.75) is 39.4 Å². The van der Waals surface area contributed by atoms with Crippen molar-refractivity contribution >= 4 is 8.80 Å². The highest BCUT2D eigenvalue weighted by atomic mass is 28.3. The van der Waals surface area contributed by atoms with Gasteiger partial charge in [-0.1, -0.05) is 37.3 Å². The molecule has 0 saturated carbocycles. The van der Waals surface area contributed by atoms with Gasteiger partial charge < -0.3 is 0 Å². The number of hydrogen-bond donors (Lipinski definition) is 0. The van der Waals surface area contributed by atoms with Gasteiger partial charge in [-0.15, -0.1) is 0 Å². The van der Waals surface area contributed by atoms with E-state index in [2.05, 4.69) is 45.1 Å². The second-order valence-corrected chi connectivity index (χ2v) is 7.04. The lowest BCUT2D eigenvalue weighted by Crippen LogP contribution is -2.01. The van der Waals surface area contributed by atoms with Crippen molar-refractivity contribution < 1.29 is 0 Å². The van der Waals surface area contributed by atoms with E-state index in [0.29, 0.717) is 0 Å². The Bertz CT molecular complexity index is 276. The number of aryl methyl sites for hydroxylation is 3. The third-order valence-corrected chi connectivity index (χ3v) is 3.73. The molecule has 0 aliphatic rings. The summed E-state index contributed by atoms with van der Waals surface area (Å²) in [5.74, 6) is 0. The molecule has 0 bridgehead atoms. The van der Waals surface area contributed by atoms with E-state index in [1.165, 1.54) is 29.2 Å². The van der Waals surface area contributed by atoms with Gasteiger partial charge in [-0.2, -0.15) is 0 Å². The van der Waals surface area contributed by atoms with Crippen LogP contribution < -0.4 is 0 Å². The molecule has 0 aromatic heterocycles. The molecule has 0 heterocycles. The van der Waals surface area contributed by atoms with E-state index in [1.807, 2.05) is 0 Å². The average Bonchev–Trinajstić information content (AvgIpc) is 2.07. The zero-order valence-electron chi connectivity index (χ0n) is 9.15. The quantitative estimate of drug-likeness (QED) is 0.640. The summed E-state index contributed by atoms with van der Waals surface area (Å²) < 4.78 is 0. The highest BCUT2D eigenvalue weighted by Gasteiger charge is 1.99. The molecule has 0 saturated heterocycles. The molecule has 0 unspecified atom stereocenters. The van der Waals surface area contributed by atoms with Crippen molar-refractivity contribution in [1.82, 2.24) is 0 Å². The molecule has 0 amide bonds. The zero-order chi connectivity index (χ0) is 9.84. The maximum absolute atomic E-state index is 2.38. The van der Waals surface area contributed by atoms with E-state index < -0.39 is 0 Å². The highest BCUT2D eigenvalue weighted by Crippen LogP contribution is 2.12. The summed E-state index contributed by atoms with van der Waals surface area (Å²) in [7, 11) is -0.0549. The van der Waals surface area contributed by atoms with Crippen molar-refractivity contribution in [3.63, 3.8) is 0 Å². The summed E-state index contributed by atoms with van der Waals surface area (Å²) in [6.07, 6.45) is 1.27. The highest BCUT2D eigenvalue weighted by molar-refractivity contribution is 6.55. The fourth-order valence-corrected chi connectivity index (χ4v) is 2.14. The number of benzene rings is 1. The SMILES string of the molecule is Cc1ccc(CC[Si](C)C)cc1C. The summed E-state index contributed by atoms with van der Waals surface area (Å²) >= 11 is 0. The van der Waals surface area contributed by atoms with Crippen LogP contribution in [0.15, 0.2) is 18.2 Å². The van der Waals surface area contributed by atoms with Crippen LogP contribution in [0.5, 0.6) is 0 Å². The van der Waals surface area contributed by atoms with Crippen LogP contribution in [0.3, 0.4) is 0 Å². The van der Waals surface area contributed by atoms with Crippen molar-refractivity contribution in [1.29, 1.82) is 0 Å². The average molecular weight is 191 g/mol. The Morgan fingerprint density at radius 1 is 1.08 bits per heavy atom. The summed E-state index contributed by atoms with van der Waals surface area (Å²) in [5.41, 5.74) is 4.34. The minimum atomic E-state index is -0.0549. The Labute approximate surface area is 83.6 Å². The van der Waals surface area contributed by atoms with Crippen LogP contribution in [-0.4, -0.2) is 8.80 Å². The number of rotatable bonds is 3. The largest absolute Gasteiger partial charge is 0.0713 e. The fraction of sp³-hybridized carbons (Fsp3) is 0.500. The first-order valence-corrected chi connectivity index (χ1v) is 7.65. The molecular formula is C12H19Si. The monoisotopic (exact) mass is 191 g/mol. The molecule has 1 aromatic rings. The maximum Gasteiger partial charge on any atom is 0.0416 e. The van der Waals surface area contributed by atoms with Crippen LogP contribution in [0.4, 0.5) is 0 Å². The summed E-state index contributed by atoms with van der Waals surface area (Å²) in [6, 6.07) is 8.24. The zero-order valence-corrected chi connectivity index (χ0v) is 10.1. The van der Waals surface area contributed by atoms with E-state index in [4.69, 9.17) is 0 Å². The van der Waals surface area contributed by atoms with Gasteiger partial charge in [-0.3, -0.25) is 0 Å². The Morgan fingerprint density at radius 3 is 2.31 bits per heavy atom. The lowest BCUT2D eigenvalue weighted by atomic mass is 10.1. The third kappa shape index (κ3) is 3.35. The van der Waals surface area contributed by atoms with Gasteiger partial charge in [-0.25, -0.2) is 0 Å². The topological polar surface area (TPSA) is 0 Å². The predicted molar refractivity (Wildman–Crippen MR) is 61.9 cm³/mol. The molecular weight excluding hydrogens is 172 g/mol. The van der Waals surface area contributed by atoms with Crippen LogP contribution in [0.1, 0.15) is 16.7 Å². The Hall–Kier alpha value is -0.563. The molecule has 0 fully saturated rings. The second-order valence-electron chi connectivity index (χ2n) is 4.13. The number of hydrogen-bond acceptors (Lipinski definition) is 0. The molecule has 13 heavy (non-hydrogen) atoms. The molecule has 71 valence electrons. The van der Waals surface area contributed by atoms with Gasteiger partial charge in [-0.05, 0) is 37.0 Å². The van der Waals surface area contributed by atoms with Crippen LogP contribution in [-0.2, 0) is 6.42 Å². The molecule has 0 N–H and O–H groups in total. The Kier molecular flexibility index (Phi) is 3.73. The molecule has 1 heteroatoms. The van der Waals surface area contributed by atoms with Gasteiger partial charge >= 0.3 is 0 Å². The normalized spacial score (nSPS) is 10.8. The minimum absolute atomic E-state index is 0.0549. The molecule has 0 aliphatic carbocycles. The lowest BCUT2D eigenvalue weighted by Gasteiger charge is -2.06. The molecule has 1 aromatic carbocycles. The van der Waals surface area contributed by atoms with Gasteiger partial charge in [0.05, 0.1) is 0 Å². The maximum atomic E-state index is 2.38. The van der Waals surface area contributed by atoms with E-state index in [-0.39, 0.29) is 8.80 Å². The first-order valence-electron chi connectivity index (χ1n) is 4.95. The van der Waals surface area contributed by atoms with Crippen LogP contribution in [0, 0.1) is 13.8 Å². The van der Waals surface area contributed by atoms with E-state index in [9.17, 15) is 0 Å². The van der Waals surface area contributed by atoms with E-state index >= 15 is 0 Å². The minimum Gasteiger partial charge on any atom is -0.0713 e. The van der Waals surface area contributed by atoms with Gasteiger partial charge in [0.1, 0.15) is 0 Å². The van der Waals surface area contributed by atoms with Crippen LogP contribution >= 0.6 is 0 Å². The molecule has 1 rings (SSSR count). The van der Waals surface area contributed by atoms with Gasteiger partial charge in [0.2, 0.25) is 0 Å². The van der Waals surface area contributed by atoms with Gasteiger partial charge in [0.25, 0.3) is 0 Å². The molecule has 0 atom stereocenters. The van der Waals surface area contributed by atoms with E-state index in [0.717, 1.165) is 0 Å². The van der Waals surface area contributed by atoms with Gasteiger partial charge in [0.15, 0.2) is 0 Å². The standard InChI is InChI=1S/C12H19Si/c1-10-5-6-12(9-11(10)2)7-8-13(3)4/h5-6,9H,7-8H2,1-4H3. The van der Waals surface area contributed by atoms with Crippen LogP contribution in [0.25, 0.3) is 0 Å². The Balaban J connectivity index is 2.63. The predicted octanol–water partition coefficient (Wildman–Crippen LogP) is 3.60. The fourth-order valence-electron chi connectivity index (χ4n) is 1.35. The third-order valence-electron chi connectivity index (χ3n) is 2.48. The smallest absolute Gasteiger partial charge is 0.0416 e. The second kappa shape index (κ2) is 4.61. The summed E-state index contributed by atoms with van der Waals surface area (Å²) in [6.45, 7) is 9.13. The molecule has 0 spiro atoms. The summed E-state index contributed by atoms with van der Waals surface area (Å²) in [4.78, 5) is 0. The van der Waals surface area contributed by atoms with Crippen molar-refractivity contribution in [3.8, 4) is 0 Å².